The van der Waals surface area contributed by atoms with Crippen LogP contribution in [0.3, 0.4) is 0 Å². The fourth-order valence-electron chi connectivity index (χ4n) is 4.37. The standard InChI is InChI=1S/C26H22FN3O5/c27-18-4-6-19(7-5-18)29-12-10-28(11-13-29)16-22-23(31)9-8-21-25(32)24(35-26(21)22)15-17-2-1-3-20(14-17)30(33)34/h1-9,14-15,31H,10-13,16H2/b24-15-. The number of aromatic hydroxyl groups is 1. The first kappa shape index (κ1) is 22.5. The van der Waals surface area contributed by atoms with Crippen molar-refractivity contribution in [3.63, 3.8) is 0 Å². The number of allylic oxidation sites excluding steroid dienone is 1. The van der Waals surface area contributed by atoms with Gasteiger partial charge in [-0.2, -0.15) is 0 Å². The van der Waals surface area contributed by atoms with Crippen LogP contribution in [-0.4, -0.2) is 46.9 Å². The second kappa shape index (κ2) is 9.19. The molecule has 8 nitrogen and oxygen atoms in total. The number of carbonyl (C=O) groups is 1. The molecule has 0 aliphatic carbocycles. The third kappa shape index (κ3) is 4.58. The molecular formula is C26H22FN3O5. The largest absolute Gasteiger partial charge is 0.507 e. The van der Waals surface area contributed by atoms with E-state index in [2.05, 4.69) is 9.80 Å². The molecule has 0 atom stereocenters. The Labute approximate surface area is 200 Å². The van der Waals surface area contributed by atoms with Crippen LogP contribution < -0.4 is 9.64 Å². The molecule has 3 aromatic rings. The highest BCUT2D eigenvalue weighted by Gasteiger charge is 2.32. The summed E-state index contributed by atoms with van der Waals surface area (Å²) < 4.78 is 19.1. The molecule has 9 heteroatoms. The molecule has 0 bridgehead atoms. The van der Waals surface area contributed by atoms with Crippen LogP contribution >= 0.6 is 0 Å². The fourth-order valence-corrected chi connectivity index (χ4v) is 4.37. The van der Waals surface area contributed by atoms with Crippen molar-refractivity contribution in [2.75, 3.05) is 31.1 Å². The number of phenols is 1. The molecule has 0 saturated carbocycles. The minimum absolute atomic E-state index is 0.0362. The predicted molar refractivity (Wildman–Crippen MR) is 128 cm³/mol. The number of benzene rings is 3. The van der Waals surface area contributed by atoms with Crippen molar-refractivity contribution in [2.24, 2.45) is 0 Å². The van der Waals surface area contributed by atoms with Gasteiger partial charge in [0.2, 0.25) is 5.78 Å². The molecule has 0 radical (unpaired) electrons. The molecule has 3 aromatic carbocycles. The van der Waals surface area contributed by atoms with E-state index in [-0.39, 0.29) is 28.8 Å². The van der Waals surface area contributed by atoms with Crippen molar-refractivity contribution in [1.82, 2.24) is 4.90 Å². The van der Waals surface area contributed by atoms with Crippen LogP contribution in [0.1, 0.15) is 21.5 Å². The summed E-state index contributed by atoms with van der Waals surface area (Å²) in [5, 5.41) is 21.6. The number of non-ortho nitro benzene ring substituents is 1. The number of phenolic OH excluding ortho intramolecular Hbond substituents is 1. The lowest BCUT2D eigenvalue weighted by Gasteiger charge is -2.36. The fraction of sp³-hybridized carbons (Fsp3) is 0.192. The monoisotopic (exact) mass is 475 g/mol. The Morgan fingerprint density at radius 3 is 2.51 bits per heavy atom. The maximum Gasteiger partial charge on any atom is 0.270 e. The Bertz CT molecular complexity index is 1330. The molecule has 1 saturated heterocycles. The van der Waals surface area contributed by atoms with Crippen LogP contribution in [0.4, 0.5) is 15.8 Å². The third-order valence-electron chi connectivity index (χ3n) is 6.24. The van der Waals surface area contributed by atoms with Crippen molar-refractivity contribution in [2.45, 2.75) is 6.54 Å². The average molecular weight is 475 g/mol. The van der Waals surface area contributed by atoms with Gasteiger partial charge < -0.3 is 14.7 Å². The zero-order chi connectivity index (χ0) is 24.5. The predicted octanol–water partition coefficient (Wildman–Crippen LogP) is 4.38. The second-order valence-electron chi connectivity index (χ2n) is 8.47. The summed E-state index contributed by atoms with van der Waals surface area (Å²) in [4.78, 5) is 27.8. The Morgan fingerprint density at radius 2 is 1.80 bits per heavy atom. The van der Waals surface area contributed by atoms with E-state index in [0.29, 0.717) is 42.1 Å². The summed E-state index contributed by atoms with van der Waals surface area (Å²) in [6, 6.07) is 15.4. The lowest BCUT2D eigenvalue weighted by Crippen LogP contribution is -2.46. The molecular weight excluding hydrogens is 453 g/mol. The minimum Gasteiger partial charge on any atom is -0.507 e. The number of nitro groups is 1. The summed E-state index contributed by atoms with van der Waals surface area (Å²) >= 11 is 0. The highest BCUT2D eigenvalue weighted by atomic mass is 19.1. The van der Waals surface area contributed by atoms with Gasteiger partial charge in [-0.1, -0.05) is 12.1 Å². The number of nitro benzene ring substituents is 1. The molecule has 1 fully saturated rings. The summed E-state index contributed by atoms with van der Waals surface area (Å²) in [7, 11) is 0. The Morgan fingerprint density at radius 1 is 1.06 bits per heavy atom. The normalized spacial score (nSPS) is 16.9. The number of carbonyl (C=O) groups excluding carboxylic acids is 1. The van der Waals surface area contributed by atoms with Crippen LogP contribution in [0.5, 0.6) is 11.5 Å². The molecule has 35 heavy (non-hydrogen) atoms. The topological polar surface area (TPSA) is 96.1 Å². The highest BCUT2D eigenvalue weighted by molar-refractivity contribution is 6.15. The summed E-state index contributed by atoms with van der Waals surface area (Å²) in [5.74, 6) is -0.210. The lowest BCUT2D eigenvalue weighted by atomic mass is 10.0. The SMILES string of the molecule is O=C1/C(=C/c2cccc([N+](=O)[O-])c2)Oc2c1ccc(O)c2CN1CCN(c2ccc(F)cc2)CC1. The Hall–Kier alpha value is -4.24. The van der Waals surface area contributed by atoms with E-state index in [1.54, 1.807) is 24.3 Å². The van der Waals surface area contributed by atoms with Crippen LogP contribution in [0.15, 0.2) is 66.4 Å². The smallest absolute Gasteiger partial charge is 0.270 e. The molecule has 2 aliphatic heterocycles. The van der Waals surface area contributed by atoms with Crippen molar-refractivity contribution >= 4 is 23.2 Å². The van der Waals surface area contributed by atoms with Crippen LogP contribution in [-0.2, 0) is 6.54 Å². The molecule has 0 amide bonds. The molecule has 0 unspecified atom stereocenters. The quantitative estimate of drug-likeness (QED) is 0.332. The molecule has 0 aromatic heterocycles. The number of piperazine rings is 1. The van der Waals surface area contributed by atoms with E-state index < -0.39 is 4.92 Å². The van der Waals surface area contributed by atoms with Gasteiger partial charge in [0.15, 0.2) is 5.76 Å². The van der Waals surface area contributed by atoms with Crippen molar-refractivity contribution in [3.05, 3.63) is 99.0 Å². The summed E-state index contributed by atoms with van der Waals surface area (Å²) in [5.41, 5.74) is 2.21. The van der Waals surface area contributed by atoms with E-state index in [4.69, 9.17) is 4.74 Å². The number of Topliss-reactive ketones (excluding diaryl/α,β-unsaturated/α-hetero) is 1. The Kier molecular flexibility index (Phi) is 5.92. The van der Waals surface area contributed by atoms with Gasteiger partial charge in [0.1, 0.15) is 17.3 Å². The molecule has 1 N–H and O–H groups in total. The molecule has 2 heterocycles. The molecule has 178 valence electrons. The summed E-state index contributed by atoms with van der Waals surface area (Å²) in [6.45, 7) is 3.29. The van der Waals surface area contributed by atoms with E-state index in [9.17, 15) is 24.4 Å². The van der Waals surface area contributed by atoms with E-state index in [1.165, 1.54) is 42.5 Å². The number of halogens is 1. The van der Waals surface area contributed by atoms with E-state index in [1.807, 2.05) is 0 Å². The molecule has 0 spiro atoms. The lowest BCUT2D eigenvalue weighted by molar-refractivity contribution is -0.384. The van der Waals surface area contributed by atoms with Crippen molar-refractivity contribution in [3.8, 4) is 11.5 Å². The average Bonchev–Trinajstić information content (AvgIpc) is 3.17. The highest BCUT2D eigenvalue weighted by Crippen LogP contribution is 2.40. The number of fused-ring (bicyclic) bond motifs is 1. The Balaban J connectivity index is 1.33. The first-order valence-electron chi connectivity index (χ1n) is 11.2. The first-order chi connectivity index (χ1) is 16.9. The first-order valence-corrected chi connectivity index (χ1v) is 11.2. The van der Waals surface area contributed by atoms with Gasteiger partial charge in [-0.3, -0.25) is 19.8 Å². The van der Waals surface area contributed by atoms with Crippen LogP contribution in [0.25, 0.3) is 6.08 Å². The third-order valence-corrected chi connectivity index (χ3v) is 6.24. The number of rotatable bonds is 5. The van der Waals surface area contributed by atoms with Gasteiger partial charge in [0.25, 0.3) is 5.69 Å². The maximum absolute atomic E-state index is 13.2. The zero-order valence-electron chi connectivity index (χ0n) is 18.7. The number of ketones is 1. The van der Waals surface area contributed by atoms with Gasteiger partial charge in [-0.15, -0.1) is 0 Å². The van der Waals surface area contributed by atoms with Crippen molar-refractivity contribution < 1.29 is 24.0 Å². The number of hydrogen-bond acceptors (Lipinski definition) is 7. The van der Waals surface area contributed by atoms with Gasteiger partial charge >= 0.3 is 0 Å². The minimum atomic E-state index is -0.500. The van der Waals surface area contributed by atoms with E-state index in [0.717, 1.165) is 18.8 Å². The maximum atomic E-state index is 13.2. The second-order valence-corrected chi connectivity index (χ2v) is 8.47. The number of hydrogen-bond donors (Lipinski definition) is 1. The summed E-state index contributed by atoms with van der Waals surface area (Å²) in [6.07, 6.45) is 1.47. The molecule has 2 aliphatic rings. The van der Waals surface area contributed by atoms with Crippen molar-refractivity contribution in [1.29, 1.82) is 0 Å². The number of ether oxygens (including phenoxy) is 1. The molecule has 5 rings (SSSR count). The number of anilines is 1. The van der Waals surface area contributed by atoms with Crippen LogP contribution in [0, 0.1) is 15.9 Å². The van der Waals surface area contributed by atoms with Crippen LogP contribution in [0.2, 0.25) is 0 Å². The van der Waals surface area contributed by atoms with Gasteiger partial charge in [-0.25, -0.2) is 4.39 Å². The zero-order valence-corrected chi connectivity index (χ0v) is 18.7. The van der Waals surface area contributed by atoms with Gasteiger partial charge in [-0.05, 0) is 48.0 Å². The van der Waals surface area contributed by atoms with Gasteiger partial charge in [0.05, 0.1) is 16.1 Å². The number of nitrogens with zero attached hydrogens (tertiary/aromatic N) is 3. The van der Waals surface area contributed by atoms with E-state index >= 15 is 0 Å². The van der Waals surface area contributed by atoms with Gasteiger partial charge in [0, 0.05) is 50.5 Å².